The molecule has 7 heteroatoms. The molecule has 0 aliphatic carbocycles. The Morgan fingerprint density at radius 2 is 1.95 bits per heavy atom. The maximum Gasteiger partial charge on any atom is 0.330 e. The Morgan fingerprint density at radius 3 is 2.64 bits per heavy atom. The fourth-order valence-electron chi connectivity index (χ4n) is 2.34. The van der Waals surface area contributed by atoms with E-state index in [4.69, 9.17) is 12.2 Å². The second-order valence-electron chi connectivity index (χ2n) is 5.11. The van der Waals surface area contributed by atoms with Crippen LogP contribution in [0.15, 0.2) is 34.1 Å². The monoisotopic (exact) mass is 335 g/mol. The molecular formula is C15H14FN3OS2. The van der Waals surface area contributed by atoms with Gasteiger partial charge in [0.25, 0.3) is 0 Å². The molecule has 2 heterocycles. The highest BCUT2D eigenvalue weighted by molar-refractivity contribution is 8.13. The van der Waals surface area contributed by atoms with Crippen LogP contribution < -0.4 is 5.69 Å². The number of hydrogen-bond donors (Lipinski definition) is 0. The third-order valence-corrected chi connectivity index (χ3v) is 5.17. The topological polar surface area (TPSA) is 39.3 Å². The van der Waals surface area contributed by atoms with E-state index < -0.39 is 0 Å². The molecular weight excluding hydrogens is 321 g/mol. The van der Waals surface area contributed by atoms with E-state index >= 15 is 0 Å². The SMILES string of the molecule is Cn1c2c(c(=S)n(C)c1=O)CC(SCc1ccc(F)cc1)=N2. The van der Waals surface area contributed by atoms with Crippen LogP contribution in [0.5, 0.6) is 0 Å². The van der Waals surface area contributed by atoms with Gasteiger partial charge in [0.15, 0.2) is 0 Å². The third kappa shape index (κ3) is 2.66. The molecule has 0 saturated carbocycles. The van der Waals surface area contributed by atoms with E-state index in [1.165, 1.54) is 21.3 Å². The van der Waals surface area contributed by atoms with Crippen LogP contribution in [0.2, 0.25) is 0 Å². The minimum absolute atomic E-state index is 0.169. The van der Waals surface area contributed by atoms with Crippen LogP contribution in [-0.2, 0) is 26.3 Å². The lowest BCUT2D eigenvalue weighted by molar-refractivity contribution is 0.627. The van der Waals surface area contributed by atoms with Crippen molar-refractivity contribution in [3.63, 3.8) is 0 Å². The molecule has 1 aromatic carbocycles. The zero-order chi connectivity index (χ0) is 15.9. The molecule has 1 aliphatic heterocycles. The van der Waals surface area contributed by atoms with Crippen molar-refractivity contribution in [2.75, 3.05) is 0 Å². The molecule has 0 bridgehead atoms. The number of halogens is 1. The summed E-state index contributed by atoms with van der Waals surface area (Å²) in [5.74, 6) is 1.12. The number of aromatic nitrogens is 2. The van der Waals surface area contributed by atoms with Crippen LogP contribution in [0.4, 0.5) is 10.2 Å². The van der Waals surface area contributed by atoms with Gasteiger partial charge in [0.1, 0.15) is 16.3 Å². The summed E-state index contributed by atoms with van der Waals surface area (Å²) in [6, 6.07) is 6.43. The second kappa shape index (κ2) is 5.81. The highest BCUT2D eigenvalue weighted by atomic mass is 32.2. The highest BCUT2D eigenvalue weighted by Gasteiger charge is 2.21. The van der Waals surface area contributed by atoms with Gasteiger partial charge in [-0.15, -0.1) is 11.8 Å². The zero-order valence-corrected chi connectivity index (χ0v) is 13.8. The smallest absolute Gasteiger partial charge is 0.287 e. The highest BCUT2D eigenvalue weighted by Crippen LogP contribution is 2.30. The van der Waals surface area contributed by atoms with Crippen LogP contribution >= 0.6 is 24.0 Å². The first-order chi connectivity index (χ1) is 10.5. The summed E-state index contributed by atoms with van der Waals surface area (Å²) in [6.45, 7) is 0. The number of fused-ring (bicyclic) bond motifs is 1. The van der Waals surface area contributed by atoms with E-state index in [-0.39, 0.29) is 11.5 Å². The average Bonchev–Trinajstić information content (AvgIpc) is 2.95. The first kappa shape index (κ1) is 15.2. The standard InChI is InChI=1S/C15H14FN3OS2/c1-18-13-11(14(21)19(2)15(18)20)7-12(17-13)22-8-9-3-5-10(16)6-4-9/h3-6H,7-8H2,1-2H3. The van der Waals surface area contributed by atoms with Crippen LogP contribution in [0.25, 0.3) is 0 Å². The molecule has 22 heavy (non-hydrogen) atoms. The predicted molar refractivity (Wildman–Crippen MR) is 90.0 cm³/mol. The molecule has 2 aromatic rings. The van der Waals surface area contributed by atoms with Gasteiger partial charge in [-0.05, 0) is 17.7 Å². The Kier molecular flexibility index (Phi) is 4.01. The summed E-state index contributed by atoms with van der Waals surface area (Å²) < 4.78 is 16.4. The molecule has 1 aromatic heterocycles. The van der Waals surface area contributed by atoms with Gasteiger partial charge >= 0.3 is 5.69 Å². The van der Waals surface area contributed by atoms with E-state index in [9.17, 15) is 9.18 Å². The molecule has 0 atom stereocenters. The Bertz CT molecular complexity index is 881. The van der Waals surface area contributed by atoms with E-state index in [2.05, 4.69) is 4.99 Å². The molecule has 0 saturated heterocycles. The van der Waals surface area contributed by atoms with Gasteiger partial charge in [-0.1, -0.05) is 24.4 Å². The van der Waals surface area contributed by atoms with E-state index in [0.717, 1.165) is 16.2 Å². The van der Waals surface area contributed by atoms with Crippen molar-refractivity contribution < 1.29 is 4.39 Å². The Hall–Kier alpha value is -1.73. The maximum absolute atomic E-state index is 12.9. The van der Waals surface area contributed by atoms with Crippen LogP contribution in [-0.4, -0.2) is 14.2 Å². The Labute approximate surface area is 136 Å². The molecule has 1 aliphatic rings. The number of rotatable bonds is 2. The quantitative estimate of drug-likeness (QED) is 0.792. The van der Waals surface area contributed by atoms with Crippen molar-refractivity contribution in [3.8, 4) is 0 Å². The molecule has 0 N–H and O–H groups in total. The number of nitrogens with zero attached hydrogens (tertiary/aromatic N) is 3. The second-order valence-corrected chi connectivity index (χ2v) is 6.54. The van der Waals surface area contributed by atoms with Gasteiger partial charge in [0, 0.05) is 31.8 Å². The number of aliphatic imine (C=N–C) groups is 1. The molecule has 114 valence electrons. The fraction of sp³-hybridized carbons (Fsp3) is 0.267. The summed E-state index contributed by atoms with van der Waals surface area (Å²) in [7, 11) is 3.38. The van der Waals surface area contributed by atoms with E-state index in [1.54, 1.807) is 38.0 Å². The van der Waals surface area contributed by atoms with Gasteiger partial charge in [-0.3, -0.25) is 9.13 Å². The van der Waals surface area contributed by atoms with Crippen LogP contribution in [0.3, 0.4) is 0 Å². The van der Waals surface area contributed by atoms with Crippen LogP contribution in [0.1, 0.15) is 11.1 Å². The average molecular weight is 335 g/mol. The van der Waals surface area contributed by atoms with Crippen molar-refractivity contribution in [2.45, 2.75) is 12.2 Å². The molecule has 0 unspecified atom stereocenters. The van der Waals surface area contributed by atoms with E-state index in [0.29, 0.717) is 22.6 Å². The minimum Gasteiger partial charge on any atom is -0.287 e. The first-order valence-electron chi connectivity index (χ1n) is 6.71. The predicted octanol–water partition coefficient (Wildman–Crippen LogP) is 3.11. The number of hydrogen-bond acceptors (Lipinski definition) is 4. The molecule has 0 fully saturated rings. The fourth-order valence-corrected chi connectivity index (χ4v) is 3.50. The minimum atomic E-state index is -0.238. The van der Waals surface area contributed by atoms with Gasteiger partial charge in [0.05, 0.1) is 5.04 Å². The van der Waals surface area contributed by atoms with E-state index in [1.807, 2.05) is 0 Å². The molecule has 0 amide bonds. The van der Waals surface area contributed by atoms with Crippen molar-refractivity contribution in [1.82, 2.24) is 9.13 Å². The van der Waals surface area contributed by atoms with Gasteiger partial charge in [0.2, 0.25) is 0 Å². The normalized spacial score (nSPS) is 13.1. The number of benzene rings is 1. The summed E-state index contributed by atoms with van der Waals surface area (Å²) >= 11 is 6.92. The summed E-state index contributed by atoms with van der Waals surface area (Å²) in [5, 5.41) is 0.923. The summed E-state index contributed by atoms with van der Waals surface area (Å²) in [4.78, 5) is 16.5. The van der Waals surface area contributed by atoms with Crippen molar-refractivity contribution in [1.29, 1.82) is 0 Å². The Morgan fingerprint density at radius 1 is 1.27 bits per heavy atom. The molecule has 4 nitrogen and oxygen atoms in total. The van der Waals surface area contributed by atoms with Gasteiger partial charge in [-0.2, -0.15) is 0 Å². The van der Waals surface area contributed by atoms with Crippen molar-refractivity contribution >= 4 is 34.8 Å². The first-order valence-corrected chi connectivity index (χ1v) is 8.10. The van der Waals surface area contributed by atoms with Gasteiger partial charge < -0.3 is 0 Å². The van der Waals surface area contributed by atoms with Crippen LogP contribution in [0, 0.1) is 10.5 Å². The number of thioether (sulfide) groups is 1. The largest absolute Gasteiger partial charge is 0.330 e. The summed E-state index contributed by atoms with van der Waals surface area (Å²) in [6.07, 6.45) is 0.641. The lowest BCUT2D eigenvalue weighted by atomic mass is 10.2. The molecule has 0 radical (unpaired) electrons. The zero-order valence-electron chi connectivity index (χ0n) is 12.2. The molecule has 3 rings (SSSR count). The van der Waals surface area contributed by atoms with Gasteiger partial charge in [-0.25, -0.2) is 14.2 Å². The lowest BCUT2D eigenvalue weighted by Crippen LogP contribution is -2.28. The maximum atomic E-state index is 12.9. The summed E-state index contributed by atoms with van der Waals surface area (Å²) in [5.41, 5.74) is 1.78. The lowest BCUT2D eigenvalue weighted by Gasteiger charge is -2.07. The Balaban J connectivity index is 1.83. The third-order valence-electron chi connectivity index (χ3n) is 3.60. The van der Waals surface area contributed by atoms with Crippen molar-refractivity contribution in [3.05, 3.63) is 56.3 Å². The molecule has 0 spiro atoms. The van der Waals surface area contributed by atoms with Crippen molar-refractivity contribution in [2.24, 2.45) is 19.1 Å².